The molecule has 0 aliphatic heterocycles. The smallest absolute Gasteiger partial charge is 0.195 e. The highest BCUT2D eigenvalue weighted by Crippen LogP contribution is 2.27. The normalized spacial score (nSPS) is 12.3. The van der Waals surface area contributed by atoms with Gasteiger partial charge >= 0.3 is 0 Å². The van der Waals surface area contributed by atoms with Crippen molar-refractivity contribution >= 4 is 12.2 Å². The van der Waals surface area contributed by atoms with Crippen molar-refractivity contribution in [3.05, 3.63) is 10.6 Å². The van der Waals surface area contributed by atoms with E-state index in [4.69, 9.17) is 12.2 Å². The highest BCUT2D eigenvalue weighted by molar-refractivity contribution is 7.71. The van der Waals surface area contributed by atoms with E-state index < -0.39 is 0 Å². The molecule has 0 aliphatic rings. The highest BCUT2D eigenvalue weighted by atomic mass is 32.1. The number of rotatable bonds is 7. The van der Waals surface area contributed by atoms with Crippen molar-refractivity contribution < 1.29 is 0 Å². The monoisotopic (exact) mass is 269 g/mol. The molecule has 0 fully saturated rings. The van der Waals surface area contributed by atoms with Gasteiger partial charge in [0, 0.05) is 12.5 Å². The predicted octanol–water partition coefficient (Wildman–Crippen LogP) is 4.67. The molecule has 104 valence electrons. The van der Waals surface area contributed by atoms with Crippen LogP contribution in [0.25, 0.3) is 0 Å². The molecule has 0 unspecified atom stereocenters. The average molecular weight is 269 g/mol. The summed E-state index contributed by atoms with van der Waals surface area (Å²) in [7, 11) is 0. The fraction of sp³-hybridized carbons (Fsp3) is 0.857. The van der Waals surface area contributed by atoms with E-state index in [1.54, 1.807) is 0 Å². The number of aromatic nitrogens is 3. The second-order valence-electron chi connectivity index (χ2n) is 6.25. The Bertz CT molecular complexity index is 415. The van der Waals surface area contributed by atoms with Crippen LogP contribution in [0.15, 0.2) is 0 Å². The van der Waals surface area contributed by atoms with Crippen LogP contribution in [0.4, 0.5) is 0 Å². The van der Waals surface area contributed by atoms with Crippen LogP contribution in [0.2, 0.25) is 0 Å². The van der Waals surface area contributed by atoms with Crippen molar-refractivity contribution in [2.75, 3.05) is 0 Å². The van der Waals surface area contributed by atoms with Crippen molar-refractivity contribution in [2.24, 2.45) is 5.41 Å². The van der Waals surface area contributed by atoms with E-state index in [2.05, 4.69) is 49.4 Å². The van der Waals surface area contributed by atoms with Gasteiger partial charge in [0.1, 0.15) is 5.82 Å². The quantitative estimate of drug-likeness (QED) is 0.576. The van der Waals surface area contributed by atoms with E-state index in [9.17, 15) is 0 Å². The van der Waals surface area contributed by atoms with E-state index in [1.165, 1.54) is 25.7 Å². The summed E-state index contributed by atoms with van der Waals surface area (Å²) in [5.74, 6) is 1.48. The fourth-order valence-corrected chi connectivity index (χ4v) is 2.49. The number of H-pyrrole nitrogens is 1. The van der Waals surface area contributed by atoms with E-state index in [0.29, 0.717) is 5.92 Å². The van der Waals surface area contributed by atoms with Crippen LogP contribution in [0.1, 0.15) is 72.0 Å². The first kappa shape index (κ1) is 15.4. The van der Waals surface area contributed by atoms with Crippen LogP contribution in [-0.2, 0) is 6.54 Å². The maximum atomic E-state index is 5.34. The van der Waals surface area contributed by atoms with E-state index in [1.807, 2.05) is 0 Å². The molecule has 0 amide bonds. The molecule has 0 aliphatic carbocycles. The number of hydrogen-bond donors (Lipinski definition) is 1. The van der Waals surface area contributed by atoms with Gasteiger partial charge in [-0.25, -0.2) is 0 Å². The van der Waals surface area contributed by atoms with Gasteiger partial charge in [0.05, 0.1) is 0 Å². The topological polar surface area (TPSA) is 33.6 Å². The van der Waals surface area contributed by atoms with Gasteiger partial charge in [0.25, 0.3) is 0 Å². The van der Waals surface area contributed by atoms with Gasteiger partial charge in [-0.05, 0) is 24.1 Å². The van der Waals surface area contributed by atoms with E-state index in [0.717, 1.165) is 17.1 Å². The molecule has 4 heteroatoms. The van der Waals surface area contributed by atoms with Crippen LogP contribution in [-0.4, -0.2) is 14.8 Å². The molecule has 1 heterocycles. The lowest BCUT2D eigenvalue weighted by atomic mass is 9.86. The molecule has 0 spiro atoms. The van der Waals surface area contributed by atoms with E-state index in [-0.39, 0.29) is 5.41 Å². The third-order valence-electron chi connectivity index (χ3n) is 3.35. The van der Waals surface area contributed by atoms with Gasteiger partial charge in [-0.15, -0.1) is 0 Å². The van der Waals surface area contributed by atoms with Crippen molar-refractivity contribution in [3.63, 3.8) is 0 Å². The second kappa shape index (κ2) is 6.50. The molecule has 0 saturated carbocycles. The summed E-state index contributed by atoms with van der Waals surface area (Å²) in [6.45, 7) is 12.2. The number of nitrogens with one attached hydrogen (secondary N) is 1. The Labute approximate surface area is 116 Å². The molecule has 0 radical (unpaired) electrons. The highest BCUT2D eigenvalue weighted by Gasteiger charge is 2.21. The Morgan fingerprint density at radius 1 is 1.33 bits per heavy atom. The Hall–Kier alpha value is -0.640. The molecular weight excluding hydrogens is 242 g/mol. The van der Waals surface area contributed by atoms with Gasteiger partial charge in [0.15, 0.2) is 4.77 Å². The van der Waals surface area contributed by atoms with Crippen molar-refractivity contribution in [1.29, 1.82) is 0 Å². The molecule has 0 bridgehead atoms. The SMILES string of the molecule is CCCCCC(C)(C)Cn1c(C(C)C)n[nH]c1=S. The van der Waals surface area contributed by atoms with Gasteiger partial charge < -0.3 is 4.57 Å². The number of aromatic amines is 1. The molecule has 3 nitrogen and oxygen atoms in total. The van der Waals surface area contributed by atoms with Crippen LogP contribution in [0, 0.1) is 10.2 Å². The largest absolute Gasteiger partial charge is 0.303 e. The summed E-state index contributed by atoms with van der Waals surface area (Å²) >= 11 is 5.34. The summed E-state index contributed by atoms with van der Waals surface area (Å²) in [5, 5.41) is 7.27. The zero-order chi connectivity index (χ0) is 13.8. The Morgan fingerprint density at radius 2 is 2.00 bits per heavy atom. The first-order valence-electron chi connectivity index (χ1n) is 7.02. The minimum Gasteiger partial charge on any atom is -0.303 e. The molecule has 0 aromatic carbocycles. The standard InChI is InChI=1S/C14H27N3S/c1-6-7-8-9-14(4,5)10-17-12(11(2)3)15-16-13(17)18/h11H,6-10H2,1-5H3,(H,16,18). The summed E-state index contributed by atoms with van der Waals surface area (Å²) < 4.78 is 2.92. The van der Waals surface area contributed by atoms with Gasteiger partial charge in [0.2, 0.25) is 0 Å². The first-order valence-corrected chi connectivity index (χ1v) is 7.43. The summed E-state index contributed by atoms with van der Waals surface area (Å²) in [4.78, 5) is 0. The van der Waals surface area contributed by atoms with Crippen LogP contribution in [0.3, 0.4) is 0 Å². The summed E-state index contributed by atoms with van der Waals surface area (Å²) in [6.07, 6.45) is 5.13. The minimum absolute atomic E-state index is 0.279. The van der Waals surface area contributed by atoms with Crippen molar-refractivity contribution in [1.82, 2.24) is 14.8 Å². The maximum Gasteiger partial charge on any atom is 0.195 e. The first-order chi connectivity index (χ1) is 8.37. The zero-order valence-electron chi connectivity index (χ0n) is 12.4. The zero-order valence-corrected chi connectivity index (χ0v) is 13.2. The molecule has 1 rings (SSSR count). The number of nitrogens with zero attached hydrogens (tertiary/aromatic N) is 2. The molecule has 0 atom stereocenters. The second-order valence-corrected chi connectivity index (χ2v) is 6.64. The fourth-order valence-electron chi connectivity index (χ4n) is 2.28. The molecule has 1 aromatic heterocycles. The molecule has 1 aromatic rings. The summed E-state index contributed by atoms with van der Waals surface area (Å²) in [5.41, 5.74) is 0.279. The Morgan fingerprint density at radius 3 is 2.56 bits per heavy atom. The molecule has 18 heavy (non-hydrogen) atoms. The van der Waals surface area contributed by atoms with Crippen LogP contribution >= 0.6 is 12.2 Å². The van der Waals surface area contributed by atoms with Crippen LogP contribution in [0.5, 0.6) is 0 Å². The van der Waals surface area contributed by atoms with Crippen LogP contribution < -0.4 is 0 Å². The molecule has 0 saturated heterocycles. The third-order valence-corrected chi connectivity index (χ3v) is 3.66. The molecule has 1 N–H and O–H groups in total. The van der Waals surface area contributed by atoms with Gasteiger partial charge in [-0.3, -0.25) is 5.10 Å². The summed E-state index contributed by atoms with van der Waals surface area (Å²) in [6, 6.07) is 0. The average Bonchev–Trinajstić information content (AvgIpc) is 2.60. The molecular formula is C14H27N3S. The Balaban J connectivity index is 2.76. The predicted molar refractivity (Wildman–Crippen MR) is 79.4 cm³/mol. The minimum atomic E-state index is 0.279. The van der Waals surface area contributed by atoms with Crippen molar-refractivity contribution in [3.8, 4) is 0 Å². The Kier molecular flexibility index (Phi) is 5.57. The third kappa shape index (κ3) is 4.23. The van der Waals surface area contributed by atoms with Crippen molar-refractivity contribution in [2.45, 2.75) is 72.8 Å². The van der Waals surface area contributed by atoms with Gasteiger partial charge in [-0.1, -0.05) is 53.9 Å². The van der Waals surface area contributed by atoms with Gasteiger partial charge in [-0.2, -0.15) is 5.10 Å². The number of hydrogen-bond acceptors (Lipinski definition) is 2. The lowest BCUT2D eigenvalue weighted by Crippen LogP contribution is -2.21. The lowest BCUT2D eigenvalue weighted by Gasteiger charge is -2.26. The lowest BCUT2D eigenvalue weighted by molar-refractivity contribution is 0.265. The maximum absolute atomic E-state index is 5.34. The van der Waals surface area contributed by atoms with E-state index >= 15 is 0 Å². The number of unbranched alkanes of at least 4 members (excludes halogenated alkanes) is 2.